The third kappa shape index (κ3) is 2.94. The van der Waals surface area contributed by atoms with Gasteiger partial charge in [-0.05, 0) is 18.4 Å². The number of rotatable bonds is 4. The van der Waals surface area contributed by atoms with Gasteiger partial charge in [-0.1, -0.05) is 12.8 Å². The normalized spacial score (nSPS) is 14.9. The van der Waals surface area contributed by atoms with Crippen LogP contribution in [-0.4, -0.2) is 17.6 Å². The molecule has 0 spiro atoms. The molecule has 0 unspecified atom stereocenters. The van der Waals surface area contributed by atoms with E-state index in [1.165, 1.54) is 25.2 Å². The molecule has 1 heterocycles. The average Bonchev–Trinajstić information content (AvgIpc) is 3.01. The quantitative estimate of drug-likeness (QED) is 0.760. The highest BCUT2D eigenvalue weighted by Gasteiger charge is 2.21. The van der Waals surface area contributed by atoms with E-state index < -0.39 is 0 Å². The molecular formula is C11H14N2O2. The van der Waals surface area contributed by atoms with E-state index in [-0.39, 0.29) is 5.97 Å². The first kappa shape index (κ1) is 9.96. The van der Waals surface area contributed by atoms with Crippen LogP contribution in [0.2, 0.25) is 0 Å². The number of nitrogens with zero attached hydrogens (tertiary/aromatic N) is 1. The topological polar surface area (TPSA) is 65.2 Å². The van der Waals surface area contributed by atoms with Gasteiger partial charge in [0.15, 0.2) is 0 Å². The van der Waals surface area contributed by atoms with Crippen molar-refractivity contribution >= 4 is 11.7 Å². The van der Waals surface area contributed by atoms with Crippen molar-refractivity contribution in [2.24, 2.45) is 5.92 Å². The van der Waals surface area contributed by atoms with E-state index in [9.17, 15) is 4.79 Å². The molecule has 0 amide bonds. The zero-order chi connectivity index (χ0) is 10.7. The van der Waals surface area contributed by atoms with Crippen molar-refractivity contribution in [3.05, 3.63) is 24.0 Å². The minimum atomic E-state index is -0.338. The number of esters is 1. The van der Waals surface area contributed by atoms with E-state index in [1.807, 2.05) is 0 Å². The number of ether oxygens (including phenoxy) is 1. The van der Waals surface area contributed by atoms with Crippen LogP contribution in [0.15, 0.2) is 18.5 Å². The molecule has 1 aliphatic rings. The largest absolute Gasteiger partial charge is 0.462 e. The van der Waals surface area contributed by atoms with Crippen LogP contribution in [-0.2, 0) is 4.74 Å². The zero-order valence-corrected chi connectivity index (χ0v) is 8.48. The molecule has 0 aromatic carbocycles. The Labute approximate surface area is 88.4 Å². The predicted molar refractivity (Wildman–Crippen MR) is 56.3 cm³/mol. The van der Waals surface area contributed by atoms with Gasteiger partial charge in [-0.25, -0.2) is 4.79 Å². The Morgan fingerprint density at radius 2 is 2.33 bits per heavy atom. The fourth-order valence-corrected chi connectivity index (χ4v) is 1.38. The Kier molecular flexibility index (Phi) is 2.85. The summed E-state index contributed by atoms with van der Waals surface area (Å²) in [5, 5.41) is 0. The first-order chi connectivity index (χ1) is 7.25. The number of nitrogens with two attached hydrogens (primary N) is 1. The summed E-state index contributed by atoms with van der Waals surface area (Å²) >= 11 is 0. The van der Waals surface area contributed by atoms with Gasteiger partial charge in [0.05, 0.1) is 17.9 Å². The summed E-state index contributed by atoms with van der Waals surface area (Å²) in [7, 11) is 0. The maximum atomic E-state index is 11.5. The van der Waals surface area contributed by atoms with Gasteiger partial charge in [-0.3, -0.25) is 4.98 Å². The molecule has 1 aromatic rings. The fraction of sp³-hybridized carbons (Fsp3) is 0.455. The summed E-state index contributed by atoms with van der Waals surface area (Å²) in [6.45, 7) is 0.498. The van der Waals surface area contributed by atoms with E-state index >= 15 is 0 Å². The first-order valence-corrected chi connectivity index (χ1v) is 5.13. The minimum absolute atomic E-state index is 0.338. The smallest absolute Gasteiger partial charge is 0.339 e. The van der Waals surface area contributed by atoms with Crippen molar-refractivity contribution in [1.29, 1.82) is 0 Å². The number of hydrogen-bond acceptors (Lipinski definition) is 4. The summed E-state index contributed by atoms with van der Waals surface area (Å²) < 4.78 is 5.10. The van der Waals surface area contributed by atoms with Crippen molar-refractivity contribution < 1.29 is 9.53 Å². The van der Waals surface area contributed by atoms with Crippen LogP contribution in [0, 0.1) is 5.92 Å². The molecule has 2 rings (SSSR count). The molecule has 80 valence electrons. The van der Waals surface area contributed by atoms with Gasteiger partial charge >= 0.3 is 5.97 Å². The molecule has 1 aliphatic carbocycles. The van der Waals surface area contributed by atoms with Crippen LogP contribution in [0.1, 0.15) is 29.6 Å². The van der Waals surface area contributed by atoms with Crippen LogP contribution < -0.4 is 5.73 Å². The molecule has 1 fully saturated rings. The molecule has 0 atom stereocenters. The molecule has 4 nitrogen and oxygen atoms in total. The molecule has 0 aliphatic heterocycles. The van der Waals surface area contributed by atoms with Gasteiger partial charge in [0.1, 0.15) is 0 Å². The lowest BCUT2D eigenvalue weighted by Gasteiger charge is -2.03. The maximum absolute atomic E-state index is 11.5. The second-order valence-electron chi connectivity index (χ2n) is 3.87. The number of pyridine rings is 1. The Bertz CT molecular complexity index is 361. The number of carbonyl (C=O) groups excluding carboxylic acids is 1. The van der Waals surface area contributed by atoms with E-state index in [0.717, 1.165) is 12.3 Å². The van der Waals surface area contributed by atoms with Crippen LogP contribution in [0.5, 0.6) is 0 Å². The van der Waals surface area contributed by atoms with Crippen LogP contribution in [0.3, 0.4) is 0 Å². The lowest BCUT2D eigenvalue weighted by atomic mass is 10.2. The van der Waals surface area contributed by atoms with Crippen molar-refractivity contribution in [1.82, 2.24) is 4.98 Å². The number of carbonyl (C=O) groups is 1. The molecular weight excluding hydrogens is 192 g/mol. The second-order valence-corrected chi connectivity index (χ2v) is 3.87. The highest BCUT2D eigenvalue weighted by Crippen LogP contribution is 2.32. The third-order valence-electron chi connectivity index (χ3n) is 2.45. The van der Waals surface area contributed by atoms with E-state index in [4.69, 9.17) is 10.5 Å². The Hall–Kier alpha value is -1.58. The van der Waals surface area contributed by atoms with E-state index in [1.54, 1.807) is 6.07 Å². The third-order valence-corrected chi connectivity index (χ3v) is 2.45. The van der Waals surface area contributed by atoms with E-state index in [0.29, 0.717) is 17.9 Å². The monoisotopic (exact) mass is 206 g/mol. The van der Waals surface area contributed by atoms with Crippen LogP contribution in [0.4, 0.5) is 5.69 Å². The van der Waals surface area contributed by atoms with E-state index in [2.05, 4.69) is 4.98 Å². The molecule has 1 aromatic heterocycles. The predicted octanol–water partition coefficient (Wildman–Crippen LogP) is 1.62. The van der Waals surface area contributed by atoms with Crippen molar-refractivity contribution in [2.45, 2.75) is 19.3 Å². The number of anilines is 1. The van der Waals surface area contributed by atoms with Crippen molar-refractivity contribution in [2.75, 3.05) is 12.3 Å². The number of hydrogen-bond donors (Lipinski definition) is 1. The summed E-state index contributed by atoms with van der Waals surface area (Å²) in [5.41, 5.74) is 6.41. The maximum Gasteiger partial charge on any atom is 0.339 e. The van der Waals surface area contributed by atoms with Gasteiger partial charge < -0.3 is 10.5 Å². The Morgan fingerprint density at radius 1 is 1.53 bits per heavy atom. The summed E-state index contributed by atoms with van der Waals surface area (Å²) in [5.74, 6) is 0.437. The first-order valence-electron chi connectivity index (χ1n) is 5.13. The molecule has 1 saturated carbocycles. The fourth-order valence-electron chi connectivity index (χ4n) is 1.38. The van der Waals surface area contributed by atoms with Gasteiger partial charge in [-0.2, -0.15) is 0 Å². The lowest BCUT2D eigenvalue weighted by molar-refractivity contribution is 0.0494. The molecule has 0 radical (unpaired) electrons. The minimum Gasteiger partial charge on any atom is -0.462 e. The molecule has 2 N–H and O–H groups in total. The molecule has 0 bridgehead atoms. The average molecular weight is 206 g/mol. The lowest BCUT2D eigenvalue weighted by Crippen LogP contribution is -2.07. The van der Waals surface area contributed by atoms with Gasteiger partial charge in [0, 0.05) is 12.4 Å². The standard InChI is InChI=1S/C11H14N2O2/c12-10-5-9(6-13-7-10)11(14)15-4-3-8-1-2-8/h5-8H,1-4,12H2. The summed E-state index contributed by atoms with van der Waals surface area (Å²) in [6, 6.07) is 1.58. The SMILES string of the molecule is Nc1cncc(C(=O)OCCC2CC2)c1. The van der Waals surface area contributed by atoms with Crippen molar-refractivity contribution in [3.8, 4) is 0 Å². The van der Waals surface area contributed by atoms with Crippen molar-refractivity contribution in [3.63, 3.8) is 0 Å². The number of nitrogen functional groups attached to an aromatic ring is 1. The number of aromatic nitrogens is 1. The highest BCUT2D eigenvalue weighted by atomic mass is 16.5. The van der Waals surface area contributed by atoms with Gasteiger partial charge in [0.25, 0.3) is 0 Å². The Balaban J connectivity index is 1.83. The summed E-state index contributed by atoms with van der Waals surface area (Å²) in [4.78, 5) is 15.3. The molecule has 15 heavy (non-hydrogen) atoms. The van der Waals surface area contributed by atoms with Crippen LogP contribution >= 0.6 is 0 Å². The Morgan fingerprint density at radius 3 is 3.00 bits per heavy atom. The van der Waals surface area contributed by atoms with Gasteiger partial charge in [-0.15, -0.1) is 0 Å². The molecule has 0 saturated heterocycles. The highest BCUT2D eigenvalue weighted by molar-refractivity contribution is 5.89. The second kappa shape index (κ2) is 4.29. The molecule has 4 heteroatoms. The zero-order valence-electron chi connectivity index (χ0n) is 8.48. The van der Waals surface area contributed by atoms with Crippen LogP contribution in [0.25, 0.3) is 0 Å². The summed E-state index contributed by atoms with van der Waals surface area (Å²) in [6.07, 6.45) is 6.49. The van der Waals surface area contributed by atoms with Gasteiger partial charge in [0.2, 0.25) is 0 Å².